The zero-order valence-electron chi connectivity index (χ0n) is 9.76. The molecule has 0 fully saturated rings. The number of benzene rings is 1. The first-order valence-corrected chi connectivity index (χ1v) is 5.58. The zero-order chi connectivity index (χ0) is 10.9. The van der Waals surface area contributed by atoms with Crippen LogP contribution in [0.2, 0.25) is 0 Å². The monoisotopic (exact) mass is 205 g/mol. The molecule has 82 valence electrons. The summed E-state index contributed by atoms with van der Waals surface area (Å²) in [4.78, 5) is 0. The van der Waals surface area contributed by atoms with Crippen molar-refractivity contribution >= 4 is 0 Å². The molecule has 0 amide bonds. The molecule has 0 aromatic heterocycles. The predicted molar refractivity (Wildman–Crippen MR) is 62.3 cm³/mol. The smallest absolute Gasteiger partial charge is 0.122 e. The first-order valence-electron chi connectivity index (χ1n) is 5.58. The lowest BCUT2D eigenvalue weighted by atomic mass is 9.91. The molecule has 1 heterocycles. The van der Waals surface area contributed by atoms with Gasteiger partial charge in [-0.15, -0.1) is 0 Å². The first kappa shape index (κ1) is 10.5. The third-order valence-corrected chi connectivity index (χ3v) is 3.26. The van der Waals surface area contributed by atoms with Gasteiger partial charge < -0.3 is 10.1 Å². The number of hydrogen-bond acceptors (Lipinski definition) is 2. The number of hydrogen-bond donors (Lipinski definition) is 1. The Morgan fingerprint density at radius 2 is 2.13 bits per heavy atom. The van der Waals surface area contributed by atoms with Crippen LogP contribution in [0.4, 0.5) is 0 Å². The quantitative estimate of drug-likeness (QED) is 0.801. The Labute approximate surface area is 91.6 Å². The van der Waals surface area contributed by atoms with Gasteiger partial charge in [0.15, 0.2) is 0 Å². The second-order valence-electron chi connectivity index (χ2n) is 4.65. The van der Waals surface area contributed by atoms with Crippen LogP contribution in [0.5, 0.6) is 5.75 Å². The van der Waals surface area contributed by atoms with Crippen molar-refractivity contribution in [3.8, 4) is 5.75 Å². The highest BCUT2D eigenvalue weighted by atomic mass is 16.5. The Bertz CT molecular complexity index is 358. The topological polar surface area (TPSA) is 21.3 Å². The molecular weight excluding hydrogens is 186 g/mol. The third kappa shape index (κ3) is 2.00. The summed E-state index contributed by atoms with van der Waals surface area (Å²) in [5, 5.41) is 3.32. The molecule has 15 heavy (non-hydrogen) atoms. The molecule has 0 saturated carbocycles. The lowest BCUT2D eigenvalue weighted by Crippen LogP contribution is -2.33. The zero-order valence-corrected chi connectivity index (χ0v) is 9.76. The lowest BCUT2D eigenvalue weighted by Gasteiger charge is -2.27. The van der Waals surface area contributed by atoms with Crippen LogP contribution >= 0.6 is 0 Å². The number of ether oxygens (including phenoxy) is 1. The number of rotatable bonds is 2. The summed E-state index contributed by atoms with van der Waals surface area (Å²) in [5.41, 5.74) is 2.71. The summed E-state index contributed by atoms with van der Waals surface area (Å²) in [6.07, 6.45) is 2.28. The van der Waals surface area contributed by atoms with Crippen molar-refractivity contribution in [2.45, 2.75) is 32.2 Å². The van der Waals surface area contributed by atoms with E-state index in [1.54, 1.807) is 0 Å². The van der Waals surface area contributed by atoms with Crippen LogP contribution in [0.15, 0.2) is 18.2 Å². The molecule has 0 aliphatic carbocycles. The molecule has 1 aromatic carbocycles. The van der Waals surface area contributed by atoms with E-state index in [0.29, 0.717) is 0 Å². The van der Waals surface area contributed by atoms with Gasteiger partial charge in [-0.25, -0.2) is 0 Å². The Morgan fingerprint density at radius 1 is 1.33 bits per heavy atom. The Hall–Kier alpha value is -1.02. The number of nitrogens with one attached hydrogen (secondary N) is 1. The lowest BCUT2D eigenvalue weighted by molar-refractivity contribution is 0.287. The largest absolute Gasteiger partial charge is 0.493 e. The molecule has 0 spiro atoms. The molecule has 1 aliphatic heterocycles. The van der Waals surface area contributed by atoms with Crippen molar-refractivity contribution in [2.24, 2.45) is 0 Å². The maximum absolute atomic E-state index is 5.60. The van der Waals surface area contributed by atoms with Gasteiger partial charge in [0.25, 0.3) is 0 Å². The van der Waals surface area contributed by atoms with E-state index in [4.69, 9.17) is 4.74 Å². The van der Waals surface area contributed by atoms with Gasteiger partial charge in [0.05, 0.1) is 6.61 Å². The molecular formula is C13H19NO. The molecule has 2 nitrogen and oxygen atoms in total. The van der Waals surface area contributed by atoms with Crippen molar-refractivity contribution in [1.29, 1.82) is 0 Å². The van der Waals surface area contributed by atoms with E-state index in [9.17, 15) is 0 Å². The normalized spacial score (nSPS) is 15.7. The van der Waals surface area contributed by atoms with E-state index in [0.717, 1.165) is 25.2 Å². The summed E-state index contributed by atoms with van der Waals surface area (Å²) >= 11 is 0. The minimum absolute atomic E-state index is 0.0342. The van der Waals surface area contributed by atoms with Crippen molar-refractivity contribution in [2.75, 3.05) is 13.7 Å². The summed E-state index contributed by atoms with van der Waals surface area (Å²) in [6, 6.07) is 6.52. The van der Waals surface area contributed by atoms with Crippen LogP contribution in [-0.2, 0) is 12.0 Å². The fourth-order valence-electron chi connectivity index (χ4n) is 1.89. The van der Waals surface area contributed by atoms with E-state index in [1.165, 1.54) is 11.1 Å². The standard InChI is InChI=1S/C13H19NO/c1-13(2,14-3)11-6-7-12-10(9-11)5-4-8-15-12/h6-7,9,14H,4-5,8H2,1-3H3. The molecule has 0 bridgehead atoms. The van der Waals surface area contributed by atoms with E-state index in [-0.39, 0.29) is 5.54 Å². The van der Waals surface area contributed by atoms with Crippen molar-refractivity contribution in [3.63, 3.8) is 0 Å². The molecule has 1 aromatic rings. The predicted octanol–water partition coefficient (Wildman–Crippen LogP) is 2.47. The molecule has 2 heteroatoms. The van der Waals surface area contributed by atoms with Crippen molar-refractivity contribution < 1.29 is 4.74 Å². The van der Waals surface area contributed by atoms with Crippen LogP contribution in [-0.4, -0.2) is 13.7 Å². The van der Waals surface area contributed by atoms with Gasteiger partial charge in [0, 0.05) is 5.54 Å². The molecule has 1 aliphatic rings. The van der Waals surface area contributed by atoms with Gasteiger partial charge >= 0.3 is 0 Å². The summed E-state index contributed by atoms with van der Waals surface area (Å²) < 4.78 is 5.60. The van der Waals surface area contributed by atoms with Gasteiger partial charge in [-0.3, -0.25) is 0 Å². The SMILES string of the molecule is CNC(C)(C)c1ccc2c(c1)CCCO2. The van der Waals surface area contributed by atoms with Crippen LogP contribution in [0.25, 0.3) is 0 Å². The van der Waals surface area contributed by atoms with E-state index >= 15 is 0 Å². The van der Waals surface area contributed by atoms with E-state index in [2.05, 4.69) is 37.4 Å². The fourth-order valence-corrected chi connectivity index (χ4v) is 1.89. The Kier molecular flexibility index (Phi) is 2.70. The first-order chi connectivity index (χ1) is 7.13. The molecule has 0 atom stereocenters. The van der Waals surface area contributed by atoms with Crippen LogP contribution in [0.1, 0.15) is 31.4 Å². The number of fused-ring (bicyclic) bond motifs is 1. The van der Waals surface area contributed by atoms with Gasteiger partial charge in [0.2, 0.25) is 0 Å². The summed E-state index contributed by atoms with van der Waals surface area (Å²) in [7, 11) is 2.00. The van der Waals surface area contributed by atoms with E-state index < -0.39 is 0 Å². The minimum atomic E-state index is 0.0342. The maximum Gasteiger partial charge on any atom is 0.122 e. The summed E-state index contributed by atoms with van der Waals surface area (Å²) in [6.45, 7) is 5.25. The van der Waals surface area contributed by atoms with Crippen LogP contribution < -0.4 is 10.1 Å². The van der Waals surface area contributed by atoms with Gasteiger partial charge in [-0.05, 0) is 50.9 Å². The second kappa shape index (κ2) is 3.86. The van der Waals surface area contributed by atoms with Crippen LogP contribution in [0.3, 0.4) is 0 Å². The molecule has 0 saturated heterocycles. The van der Waals surface area contributed by atoms with Gasteiger partial charge in [-0.1, -0.05) is 12.1 Å². The maximum atomic E-state index is 5.60. The molecule has 2 rings (SSSR count). The summed E-state index contributed by atoms with van der Waals surface area (Å²) in [5.74, 6) is 1.07. The number of aryl methyl sites for hydroxylation is 1. The highest BCUT2D eigenvalue weighted by Gasteiger charge is 2.20. The fraction of sp³-hybridized carbons (Fsp3) is 0.538. The highest BCUT2D eigenvalue weighted by molar-refractivity contribution is 5.40. The average Bonchev–Trinajstić information content (AvgIpc) is 2.28. The Balaban J connectivity index is 2.36. The minimum Gasteiger partial charge on any atom is -0.493 e. The van der Waals surface area contributed by atoms with Crippen molar-refractivity contribution in [3.05, 3.63) is 29.3 Å². The Morgan fingerprint density at radius 3 is 2.87 bits per heavy atom. The molecule has 1 N–H and O–H groups in total. The van der Waals surface area contributed by atoms with Gasteiger partial charge in [-0.2, -0.15) is 0 Å². The molecule has 0 unspecified atom stereocenters. The average molecular weight is 205 g/mol. The van der Waals surface area contributed by atoms with E-state index in [1.807, 2.05) is 7.05 Å². The van der Waals surface area contributed by atoms with Crippen LogP contribution in [0, 0.1) is 0 Å². The third-order valence-electron chi connectivity index (χ3n) is 3.26. The highest BCUT2D eigenvalue weighted by Crippen LogP contribution is 2.29. The van der Waals surface area contributed by atoms with Gasteiger partial charge in [0.1, 0.15) is 5.75 Å². The van der Waals surface area contributed by atoms with Crippen molar-refractivity contribution in [1.82, 2.24) is 5.32 Å². The molecule has 0 radical (unpaired) electrons. The second-order valence-corrected chi connectivity index (χ2v) is 4.65.